The third kappa shape index (κ3) is 4.36. The van der Waals surface area contributed by atoms with E-state index in [2.05, 4.69) is 9.88 Å². The van der Waals surface area contributed by atoms with Gasteiger partial charge in [0.15, 0.2) is 11.5 Å². The van der Waals surface area contributed by atoms with Gasteiger partial charge in [0.05, 0.1) is 24.5 Å². The van der Waals surface area contributed by atoms with Gasteiger partial charge in [0.1, 0.15) is 25.0 Å². The molecule has 1 N–H and O–H groups in total. The van der Waals surface area contributed by atoms with E-state index >= 15 is 0 Å². The molecule has 0 saturated carbocycles. The number of Topliss-reactive ketones (excluding diaryl/α,β-unsaturated/α-hetero) is 1. The van der Waals surface area contributed by atoms with Gasteiger partial charge in [-0.2, -0.15) is 0 Å². The molecule has 3 aliphatic heterocycles. The Hall–Kier alpha value is -3.43. The number of aliphatic hydroxyl groups is 1. The lowest BCUT2D eigenvalue weighted by atomic mass is 9.98. The standard InChI is InChI=1S/C25H27N3O6/c29-23(17-5-6-19-20(16-17)34-15-14-33-19)21-22(18-4-1-2-7-26-18)28(25(31)24(21)30)9-3-8-27-10-12-32-13-11-27/h1-2,4-7,16,22,29H,3,8-15H2/t22-/m0/s1. The monoisotopic (exact) mass is 465 g/mol. The second-order valence-corrected chi connectivity index (χ2v) is 8.41. The third-order valence-electron chi connectivity index (χ3n) is 6.30. The first-order valence-electron chi connectivity index (χ1n) is 11.5. The summed E-state index contributed by atoms with van der Waals surface area (Å²) in [6, 6.07) is 9.56. The first-order valence-corrected chi connectivity index (χ1v) is 11.5. The SMILES string of the molecule is O=C1C(=O)N(CCCN2CCOCC2)[C@@H](c2ccccn2)C1=C(O)c1ccc2c(c1)OCCO2. The number of aromatic nitrogens is 1. The van der Waals surface area contributed by atoms with E-state index < -0.39 is 17.7 Å². The number of likely N-dealkylation sites (tertiary alicyclic amines) is 1. The Morgan fingerprint density at radius 2 is 1.79 bits per heavy atom. The predicted octanol–water partition coefficient (Wildman–Crippen LogP) is 2.00. The van der Waals surface area contributed by atoms with Crippen molar-refractivity contribution in [3.05, 3.63) is 59.4 Å². The van der Waals surface area contributed by atoms with Crippen LogP contribution in [0.1, 0.15) is 23.7 Å². The molecule has 1 atom stereocenters. The second-order valence-electron chi connectivity index (χ2n) is 8.41. The van der Waals surface area contributed by atoms with E-state index in [0.717, 1.165) is 19.6 Å². The van der Waals surface area contributed by atoms with Crippen LogP contribution in [0.2, 0.25) is 0 Å². The molecule has 178 valence electrons. The van der Waals surface area contributed by atoms with Crippen LogP contribution in [0.3, 0.4) is 0 Å². The van der Waals surface area contributed by atoms with Crippen LogP contribution in [0.25, 0.3) is 5.76 Å². The summed E-state index contributed by atoms with van der Waals surface area (Å²) in [5.41, 5.74) is 0.954. The summed E-state index contributed by atoms with van der Waals surface area (Å²) in [6.45, 7) is 5.14. The molecule has 2 saturated heterocycles. The van der Waals surface area contributed by atoms with E-state index in [0.29, 0.717) is 62.1 Å². The number of nitrogens with zero attached hydrogens (tertiary/aromatic N) is 3. The maximum atomic E-state index is 13.1. The van der Waals surface area contributed by atoms with E-state index in [1.165, 1.54) is 4.90 Å². The molecular weight excluding hydrogens is 438 g/mol. The first kappa shape index (κ1) is 22.4. The number of pyridine rings is 1. The summed E-state index contributed by atoms with van der Waals surface area (Å²) in [7, 11) is 0. The molecule has 0 aliphatic carbocycles. The number of carbonyl (C=O) groups is 2. The fraction of sp³-hybridized carbons (Fsp3) is 0.400. The topological polar surface area (TPSA) is 101 Å². The smallest absolute Gasteiger partial charge is 0.295 e. The molecule has 1 aromatic heterocycles. The number of hydrogen-bond donors (Lipinski definition) is 1. The van der Waals surface area contributed by atoms with E-state index in [4.69, 9.17) is 14.2 Å². The lowest BCUT2D eigenvalue weighted by Gasteiger charge is -2.29. The van der Waals surface area contributed by atoms with Gasteiger partial charge in [-0.15, -0.1) is 0 Å². The van der Waals surface area contributed by atoms with E-state index in [1.54, 1.807) is 42.6 Å². The minimum Gasteiger partial charge on any atom is -0.507 e. The molecule has 5 rings (SSSR count). The van der Waals surface area contributed by atoms with Crippen molar-refractivity contribution in [2.24, 2.45) is 0 Å². The highest BCUT2D eigenvalue weighted by atomic mass is 16.6. The van der Waals surface area contributed by atoms with Crippen molar-refractivity contribution in [2.45, 2.75) is 12.5 Å². The summed E-state index contributed by atoms with van der Waals surface area (Å²) >= 11 is 0. The molecule has 34 heavy (non-hydrogen) atoms. The molecule has 9 nitrogen and oxygen atoms in total. The molecule has 0 bridgehead atoms. The number of amides is 1. The van der Waals surface area contributed by atoms with Crippen molar-refractivity contribution in [2.75, 3.05) is 52.6 Å². The van der Waals surface area contributed by atoms with Crippen molar-refractivity contribution in [1.29, 1.82) is 0 Å². The zero-order valence-corrected chi connectivity index (χ0v) is 18.8. The van der Waals surface area contributed by atoms with E-state index in [-0.39, 0.29) is 11.3 Å². The highest BCUT2D eigenvalue weighted by molar-refractivity contribution is 6.46. The minimum atomic E-state index is -0.765. The van der Waals surface area contributed by atoms with Crippen molar-refractivity contribution < 1.29 is 28.9 Å². The van der Waals surface area contributed by atoms with Crippen LogP contribution in [-0.2, 0) is 14.3 Å². The maximum absolute atomic E-state index is 13.1. The summed E-state index contributed by atoms with van der Waals surface area (Å²) in [4.78, 5) is 34.4. The van der Waals surface area contributed by atoms with E-state index in [9.17, 15) is 14.7 Å². The third-order valence-corrected chi connectivity index (χ3v) is 6.30. The lowest BCUT2D eigenvalue weighted by molar-refractivity contribution is -0.140. The Bertz CT molecular complexity index is 1100. The molecule has 1 aromatic carbocycles. The Morgan fingerprint density at radius 1 is 1.00 bits per heavy atom. The van der Waals surface area contributed by atoms with Gasteiger partial charge < -0.3 is 24.2 Å². The van der Waals surface area contributed by atoms with Gasteiger partial charge in [0.2, 0.25) is 0 Å². The number of aliphatic hydroxyl groups excluding tert-OH is 1. The Labute approximate surface area is 197 Å². The number of fused-ring (bicyclic) bond motifs is 1. The maximum Gasteiger partial charge on any atom is 0.295 e. The molecule has 0 unspecified atom stereocenters. The number of morpholine rings is 1. The lowest BCUT2D eigenvalue weighted by Crippen LogP contribution is -2.39. The predicted molar refractivity (Wildman–Crippen MR) is 123 cm³/mol. The van der Waals surface area contributed by atoms with Gasteiger partial charge >= 0.3 is 0 Å². The van der Waals surface area contributed by atoms with Crippen LogP contribution in [0.5, 0.6) is 11.5 Å². The van der Waals surface area contributed by atoms with Crippen LogP contribution in [-0.4, -0.2) is 84.2 Å². The Balaban J connectivity index is 1.46. The van der Waals surface area contributed by atoms with Crippen LogP contribution in [0.4, 0.5) is 0 Å². The zero-order valence-electron chi connectivity index (χ0n) is 18.8. The quantitative estimate of drug-likeness (QED) is 0.393. The van der Waals surface area contributed by atoms with Gasteiger partial charge in [-0.05, 0) is 36.8 Å². The largest absolute Gasteiger partial charge is 0.507 e. The van der Waals surface area contributed by atoms with Gasteiger partial charge in [-0.1, -0.05) is 6.07 Å². The van der Waals surface area contributed by atoms with Gasteiger partial charge in [0.25, 0.3) is 11.7 Å². The molecule has 2 aromatic rings. The Morgan fingerprint density at radius 3 is 2.56 bits per heavy atom. The molecule has 3 aliphatic rings. The zero-order chi connectivity index (χ0) is 23.5. The molecule has 1 amide bonds. The second kappa shape index (κ2) is 9.82. The molecule has 4 heterocycles. The normalized spacial score (nSPS) is 22.2. The number of benzene rings is 1. The van der Waals surface area contributed by atoms with Crippen LogP contribution >= 0.6 is 0 Å². The Kier molecular flexibility index (Phi) is 6.46. The van der Waals surface area contributed by atoms with Gasteiger partial charge in [0, 0.05) is 37.9 Å². The average Bonchev–Trinajstić information content (AvgIpc) is 3.14. The van der Waals surface area contributed by atoms with Crippen molar-refractivity contribution in [1.82, 2.24) is 14.8 Å². The summed E-state index contributed by atoms with van der Waals surface area (Å²) in [6.07, 6.45) is 2.31. The fourth-order valence-electron chi connectivity index (χ4n) is 4.59. The van der Waals surface area contributed by atoms with Crippen LogP contribution < -0.4 is 9.47 Å². The summed E-state index contributed by atoms with van der Waals surface area (Å²) in [5, 5.41) is 11.2. The van der Waals surface area contributed by atoms with Crippen molar-refractivity contribution >= 4 is 17.4 Å². The average molecular weight is 466 g/mol. The van der Waals surface area contributed by atoms with Crippen LogP contribution in [0.15, 0.2) is 48.2 Å². The number of hydrogen-bond acceptors (Lipinski definition) is 8. The molecule has 0 spiro atoms. The summed E-state index contributed by atoms with van der Waals surface area (Å²) in [5.74, 6) is -0.523. The molecule has 9 heteroatoms. The summed E-state index contributed by atoms with van der Waals surface area (Å²) < 4.78 is 16.6. The minimum absolute atomic E-state index is 0.0340. The van der Waals surface area contributed by atoms with Crippen molar-refractivity contribution in [3.8, 4) is 11.5 Å². The number of carbonyl (C=O) groups excluding carboxylic acids is 2. The highest BCUT2D eigenvalue weighted by Gasteiger charge is 2.46. The number of rotatable bonds is 6. The number of ether oxygens (including phenoxy) is 3. The molecular formula is C25H27N3O6. The van der Waals surface area contributed by atoms with Gasteiger partial charge in [-0.3, -0.25) is 19.5 Å². The van der Waals surface area contributed by atoms with Crippen molar-refractivity contribution in [3.63, 3.8) is 0 Å². The highest BCUT2D eigenvalue weighted by Crippen LogP contribution is 2.40. The first-order chi connectivity index (χ1) is 16.6. The van der Waals surface area contributed by atoms with E-state index in [1.807, 2.05) is 0 Å². The van der Waals surface area contributed by atoms with Gasteiger partial charge in [-0.25, -0.2) is 0 Å². The number of ketones is 1. The molecule has 0 radical (unpaired) electrons. The molecule has 2 fully saturated rings. The van der Waals surface area contributed by atoms with Crippen LogP contribution in [0, 0.1) is 0 Å². The fourth-order valence-corrected chi connectivity index (χ4v) is 4.59.